The van der Waals surface area contributed by atoms with Crippen LogP contribution in [0.5, 0.6) is 0 Å². The van der Waals surface area contributed by atoms with Crippen molar-refractivity contribution in [2.24, 2.45) is 0 Å². The van der Waals surface area contributed by atoms with E-state index in [4.69, 9.17) is 0 Å². The van der Waals surface area contributed by atoms with Gasteiger partial charge < -0.3 is 15.2 Å². The van der Waals surface area contributed by atoms with Gasteiger partial charge in [0.25, 0.3) is 5.91 Å². The lowest BCUT2D eigenvalue weighted by molar-refractivity contribution is 0.102. The molecule has 3 heterocycles. The highest BCUT2D eigenvalue weighted by Crippen LogP contribution is 2.21. The van der Waals surface area contributed by atoms with Crippen molar-refractivity contribution in [1.29, 1.82) is 0 Å². The Morgan fingerprint density at radius 3 is 2.88 bits per heavy atom. The van der Waals surface area contributed by atoms with Crippen LogP contribution in [0.3, 0.4) is 0 Å². The van der Waals surface area contributed by atoms with Gasteiger partial charge in [0.15, 0.2) is 5.69 Å². The summed E-state index contributed by atoms with van der Waals surface area (Å²) in [6.07, 6.45) is 8.94. The zero-order valence-corrected chi connectivity index (χ0v) is 13.7. The molecule has 1 aliphatic heterocycles. The second-order valence-electron chi connectivity index (χ2n) is 6.01. The fraction of sp³-hybridized carbons (Fsp3) is 0.294. The van der Waals surface area contributed by atoms with Gasteiger partial charge in [-0.15, -0.1) is 5.10 Å². The number of nitrogens with zero attached hydrogens (tertiary/aromatic N) is 5. The number of imidazole rings is 1. The molecule has 8 heteroatoms. The molecule has 1 aliphatic rings. The fourth-order valence-corrected chi connectivity index (χ4v) is 3.02. The molecule has 25 heavy (non-hydrogen) atoms. The molecule has 0 aliphatic carbocycles. The van der Waals surface area contributed by atoms with Crippen molar-refractivity contribution in [3.05, 3.63) is 54.9 Å². The third-order valence-electron chi connectivity index (χ3n) is 4.36. The first kappa shape index (κ1) is 15.5. The summed E-state index contributed by atoms with van der Waals surface area (Å²) in [7, 11) is 0. The normalized spacial score (nSPS) is 15.2. The van der Waals surface area contributed by atoms with E-state index < -0.39 is 0 Å². The lowest BCUT2D eigenvalue weighted by Crippen LogP contribution is -2.29. The molecule has 0 spiro atoms. The molecule has 1 saturated heterocycles. The molecule has 2 aromatic heterocycles. The van der Waals surface area contributed by atoms with Gasteiger partial charge >= 0.3 is 0 Å². The fourth-order valence-electron chi connectivity index (χ4n) is 3.02. The Labute approximate surface area is 144 Å². The van der Waals surface area contributed by atoms with Crippen LogP contribution in [-0.2, 0) is 0 Å². The van der Waals surface area contributed by atoms with Crippen LogP contribution in [0.15, 0.2) is 49.2 Å². The molecular weight excluding hydrogens is 318 g/mol. The molecule has 1 amide bonds. The molecule has 1 aromatic carbocycles. The van der Waals surface area contributed by atoms with Gasteiger partial charge in [-0.05, 0) is 38.1 Å². The summed E-state index contributed by atoms with van der Waals surface area (Å²) in [6, 6.07) is 7.86. The number of anilines is 1. The minimum atomic E-state index is -0.271. The summed E-state index contributed by atoms with van der Waals surface area (Å²) >= 11 is 0. The Morgan fingerprint density at radius 2 is 2.08 bits per heavy atom. The van der Waals surface area contributed by atoms with Crippen molar-refractivity contribution in [2.75, 3.05) is 18.4 Å². The van der Waals surface area contributed by atoms with Gasteiger partial charge in [0.05, 0.1) is 29.9 Å². The minimum Gasteiger partial charge on any atom is -0.319 e. The van der Waals surface area contributed by atoms with E-state index in [2.05, 4.69) is 25.9 Å². The first-order chi connectivity index (χ1) is 12.3. The number of piperidine rings is 1. The van der Waals surface area contributed by atoms with Crippen molar-refractivity contribution in [3.63, 3.8) is 0 Å². The second kappa shape index (κ2) is 6.86. The Morgan fingerprint density at radius 1 is 1.24 bits per heavy atom. The highest BCUT2D eigenvalue weighted by Gasteiger charge is 2.19. The zero-order chi connectivity index (χ0) is 17.1. The van der Waals surface area contributed by atoms with Crippen LogP contribution in [0.25, 0.3) is 5.69 Å². The Bertz CT molecular complexity index is 850. The summed E-state index contributed by atoms with van der Waals surface area (Å²) in [5, 5.41) is 14.4. The van der Waals surface area contributed by atoms with Gasteiger partial charge in [-0.2, -0.15) is 0 Å². The molecule has 128 valence electrons. The molecule has 0 atom stereocenters. The van der Waals surface area contributed by atoms with E-state index in [1.54, 1.807) is 23.4 Å². The smallest absolute Gasteiger partial charge is 0.277 e. The van der Waals surface area contributed by atoms with Gasteiger partial charge in [0, 0.05) is 12.4 Å². The van der Waals surface area contributed by atoms with Crippen LogP contribution in [0.4, 0.5) is 5.69 Å². The summed E-state index contributed by atoms with van der Waals surface area (Å²) in [6.45, 7) is 1.93. The number of benzene rings is 1. The maximum atomic E-state index is 12.6. The monoisotopic (exact) mass is 337 g/mol. The first-order valence-corrected chi connectivity index (χ1v) is 8.32. The highest BCUT2D eigenvalue weighted by atomic mass is 16.2. The van der Waals surface area contributed by atoms with E-state index in [-0.39, 0.29) is 5.91 Å². The van der Waals surface area contributed by atoms with E-state index in [0.29, 0.717) is 17.4 Å². The molecule has 0 unspecified atom stereocenters. The number of nitrogens with one attached hydrogen (secondary N) is 2. The van der Waals surface area contributed by atoms with Crippen molar-refractivity contribution >= 4 is 11.6 Å². The van der Waals surface area contributed by atoms with E-state index in [0.717, 1.165) is 31.6 Å². The molecule has 8 nitrogen and oxygen atoms in total. The third kappa shape index (κ3) is 3.29. The highest BCUT2D eigenvalue weighted by molar-refractivity contribution is 6.03. The number of rotatable bonds is 4. The summed E-state index contributed by atoms with van der Waals surface area (Å²) in [5.41, 5.74) is 1.86. The van der Waals surface area contributed by atoms with Crippen LogP contribution in [0.1, 0.15) is 29.4 Å². The van der Waals surface area contributed by atoms with E-state index in [1.165, 1.54) is 0 Å². The number of carbonyl (C=O) groups excluding carboxylic acids is 1. The molecule has 1 fully saturated rings. The number of hydrogen-bond acceptors (Lipinski definition) is 5. The number of aromatic nitrogens is 5. The number of amides is 1. The molecular formula is C17H19N7O. The van der Waals surface area contributed by atoms with Crippen LogP contribution in [0, 0.1) is 0 Å². The molecule has 0 bridgehead atoms. The quantitative estimate of drug-likeness (QED) is 0.755. The molecule has 0 saturated carbocycles. The molecule has 3 aromatic rings. The lowest BCUT2D eigenvalue weighted by Gasteiger charge is -2.22. The third-order valence-corrected chi connectivity index (χ3v) is 4.36. The number of para-hydroxylation sites is 2. The molecule has 4 rings (SSSR count). The van der Waals surface area contributed by atoms with Crippen LogP contribution in [-0.4, -0.2) is 43.5 Å². The topological polar surface area (TPSA) is 89.7 Å². The lowest BCUT2D eigenvalue weighted by atomic mass is 10.1. The van der Waals surface area contributed by atoms with Crippen LogP contribution < -0.4 is 10.6 Å². The maximum Gasteiger partial charge on any atom is 0.277 e. The van der Waals surface area contributed by atoms with Crippen molar-refractivity contribution in [1.82, 2.24) is 29.9 Å². The minimum absolute atomic E-state index is 0.271. The van der Waals surface area contributed by atoms with Gasteiger partial charge in [-0.25, -0.2) is 9.67 Å². The van der Waals surface area contributed by atoms with E-state index >= 15 is 0 Å². The van der Waals surface area contributed by atoms with Gasteiger partial charge in [-0.1, -0.05) is 17.3 Å². The Balaban J connectivity index is 1.52. The molecule has 0 radical (unpaired) electrons. The SMILES string of the molecule is O=C(Nc1ccccc1-n1ccnc1)c1cn(C2CCNCC2)nn1. The summed E-state index contributed by atoms with van der Waals surface area (Å²) in [5.74, 6) is -0.271. The summed E-state index contributed by atoms with van der Waals surface area (Å²) in [4.78, 5) is 16.6. The van der Waals surface area contributed by atoms with Crippen molar-refractivity contribution in [2.45, 2.75) is 18.9 Å². The van der Waals surface area contributed by atoms with Crippen LogP contribution >= 0.6 is 0 Å². The summed E-state index contributed by atoms with van der Waals surface area (Å²) < 4.78 is 3.65. The van der Waals surface area contributed by atoms with Gasteiger partial charge in [0.2, 0.25) is 0 Å². The maximum absolute atomic E-state index is 12.6. The average Bonchev–Trinajstić information content (AvgIpc) is 3.35. The average molecular weight is 337 g/mol. The van der Waals surface area contributed by atoms with E-state index in [1.807, 2.05) is 35.0 Å². The zero-order valence-electron chi connectivity index (χ0n) is 13.7. The first-order valence-electron chi connectivity index (χ1n) is 8.32. The van der Waals surface area contributed by atoms with Gasteiger partial charge in [0.1, 0.15) is 0 Å². The predicted octanol–water partition coefficient (Wildman–Crippen LogP) is 1.64. The Hall–Kier alpha value is -3.00. The van der Waals surface area contributed by atoms with E-state index in [9.17, 15) is 4.79 Å². The Kier molecular flexibility index (Phi) is 4.26. The van der Waals surface area contributed by atoms with Crippen LogP contribution in [0.2, 0.25) is 0 Å². The molecule has 2 N–H and O–H groups in total. The van der Waals surface area contributed by atoms with Gasteiger partial charge in [-0.3, -0.25) is 4.79 Å². The van der Waals surface area contributed by atoms with Crippen molar-refractivity contribution < 1.29 is 4.79 Å². The standard InChI is InChI=1S/C17H19N7O/c25-17(15-11-24(22-21-15)13-5-7-18-8-6-13)20-14-3-1-2-4-16(14)23-10-9-19-12-23/h1-4,9-13,18H,5-8H2,(H,20,25). The number of hydrogen-bond donors (Lipinski definition) is 2. The largest absolute Gasteiger partial charge is 0.319 e. The number of carbonyl (C=O) groups is 1. The van der Waals surface area contributed by atoms with Crippen molar-refractivity contribution in [3.8, 4) is 5.69 Å². The second-order valence-corrected chi connectivity index (χ2v) is 6.01. The predicted molar refractivity (Wildman–Crippen MR) is 92.7 cm³/mol.